The topological polar surface area (TPSA) is 41.5 Å². The van der Waals surface area contributed by atoms with Gasteiger partial charge in [-0.15, -0.1) is 0 Å². The molecule has 0 heterocycles. The number of benzene rings is 1. The van der Waals surface area contributed by atoms with Crippen LogP contribution >= 0.6 is 23.2 Å². The van der Waals surface area contributed by atoms with E-state index >= 15 is 0 Å². The lowest BCUT2D eigenvalue weighted by molar-refractivity contribution is 0.105. The Morgan fingerprint density at radius 2 is 2.15 bits per heavy atom. The predicted octanol–water partition coefficient (Wildman–Crippen LogP) is 3.51. The summed E-state index contributed by atoms with van der Waals surface area (Å²) in [6.45, 7) is 3.94. The quantitative estimate of drug-likeness (QED) is 0.771. The third-order valence-corrected chi connectivity index (χ3v) is 4.44. The Labute approximate surface area is 130 Å². The highest BCUT2D eigenvalue weighted by molar-refractivity contribution is 6.35. The van der Waals surface area contributed by atoms with Crippen LogP contribution in [-0.4, -0.2) is 30.9 Å². The number of aliphatic hydroxyl groups excluding tert-OH is 1. The van der Waals surface area contributed by atoms with Gasteiger partial charge in [0.25, 0.3) is 0 Å². The fourth-order valence-corrected chi connectivity index (χ4v) is 2.64. The first-order valence-corrected chi connectivity index (χ1v) is 7.77. The number of rotatable bonds is 8. The Bertz CT molecular complexity index is 449. The maximum atomic E-state index is 9.89. The minimum atomic E-state index is -0.547. The molecule has 0 bridgehead atoms. The molecule has 1 aromatic carbocycles. The van der Waals surface area contributed by atoms with Crippen molar-refractivity contribution in [3.63, 3.8) is 0 Å². The molecule has 1 atom stereocenters. The van der Waals surface area contributed by atoms with Crippen molar-refractivity contribution >= 4 is 23.2 Å². The van der Waals surface area contributed by atoms with Crippen LogP contribution in [0, 0.1) is 5.41 Å². The molecule has 1 unspecified atom stereocenters. The number of halogens is 2. The fourth-order valence-electron chi connectivity index (χ4n) is 2.17. The molecule has 0 radical (unpaired) electrons. The van der Waals surface area contributed by atoms with Crippen LogP contribution in [0.5, 0.6) is 5.75 Å². The second-order valence-corrected chi connectivity index (χ2v) is 6.37. The molecule has 3 nitrogen and oxygen atoms in total. The van der Waals surface area contributed by atoms with Crippen molar-refractivity contribution in [2.75, 3.05) is 19.7 Å². The molecule has 1 aromatic rings. The molecule has 0 aromatic heterocycles. The molecule has 1 saturated carbocycles. The monoisotopic (exact) mass is 317 g/mol. The molecule has 20 heavy (non-hydrogen) atoms. The molecule has 1 fully saturated rings. The van der Waals surface area contributed by atoms with Crippen molar-refractivity contribution < 1.29 is 9.84 Å². The van der Waals surface area contributed by atoms with Gasteiger partial charge in [0.15, 0.2) is 0 Å². The van der Waals surface area contributed by atoms with Crippen molar-refractivity contribution in [2.24, 2.45) is 5.41 Å². The van der Waals surface area contributed by atoms with Crippen molar-refractivity contribution in [3.05, 3.63) is 28.2 Å². The summed E-state index contributed by atoms with van der Waals surface area (Å²) < 4.78 is 5.50. The van der Waals surface area contributed by atoms with Gasteiger partial charge < -0.3 is 15.2 Å². The van der Waals surface area contributed by atoms with Crippen LogP contribution in [0.1, 0.15) is 26.2 Å². The lowest BCUT2D eigenvalue weighted by atomic mass is 10.0. The minimum Gasteiger partial charge on any atom is -0.489 e. The first kappa shape index (κ1) is 15.9. The maximum Gasteiger partial charge on any atom is 0.138 e. The average molecular weight is 318 g/mol. The fraction of sp³-hybridized carbons (Fsp3) is 0.600. The number of hydrogen-bond donors (Lipinski definition) is 2. The van der Waals surface area contributed by atoms with Crippen LogP contribution in [0.25, 0.3) is 0 Å². The summed E-state index contributed by atoms with van der Waals surface area (Å²) >= 11 is 11.8. The van der Waals surface area contributed by atoms with Gasteiger partial charge in [-0.05, 0) is 42.9 Å². The SMILES string of the molecule is CCC1(CNCC(O)COc2ccc(Cl)cc2Cl)CC1. The van der Waals surface area contributed by atoms with E-state index < -0.39 is 6.10 Å². The van der Waals surface area contributed by atoms with Crippen LogP contribution in [0.4, 0.5) is 0 Å². The summed E-state index contributed by atoms with van der Waals surface area (Å²) in [6, 6.07) is 5.05. The van der Waals surface area contributed by atoms with Crippen molar-refractivity contribution in [2.45, 2.75) is 32.3 Å². The highest BCUT2D eigenvalue weighted by atomic mass is 35.5. The zero-order chi connectivity index (χ0) is 14.6. The smallest absolute Gasteiger partial charge is 0.138 e. The number of ether oxygens (including phenoxy) is 1. The molecular weight excluding hydrogens is 297 g/mol. The van der Waals surface area contributed by atoms with Crippen LogP contribution in [-0.2, 0) is 0 Å². The molecule has 0 saturated heterocycles. The van der Waals surface area contributed by atoms with Gasteiger partial charge in [-0.1, -0.05) is 30.1 Å². The number of hydrogen-bond acceptors (Lipinski definition) is 3. The molecule has 0 aliphatic heterocycles. The van der Waals surface area contributed by atoms with Crippen molar-refractivity contribution in [1.29, 1.82) is 0 Å². The van der Waals surface area contributed by atoms with Crippen molar-refractivity contribution in [3.8, 4) is 5.75 Å². The van der Waals surface area contributed by atoms with Gasteiger partial charge in [0.05, 0.1) is 5.02 Å². The van der Waals surface area contributed by atoms with E-state index in [9.17, 15) is 5.11 Å². The highest BCUT2D eigenvalue weighted by Gasteiger charge is 2.39. The van der Waals surface area contributed by atoms with E-state index in [1.807, 2.05) is 0 Å². The molecule has 112 valence electrons. The Morgan fingerprint density at radius 3 is 2.75 bits per heavy atom. The maximum absolute atomic E-state index is 9.89. The third kappa shape index (κ3) is 4.52. The van der Waals surface area contributed by atoms with Gasteiger partial charge in [0.2, 0.25) is 0 Å². The average Bonchev–Trinajstić information content (AvgIpc) is 3.18. The molecule has 0 amide bonds. The summed E-state index contributed by atoms with van der Waals surface area (Å²) in [4.78, 5) is 0. The van der Waals surface area contributed by atoms with E-state index in [0.29, 0.717) is 27.8 Å². The lowest BCUT2D eigenvalue weighted by Gasteiger charge is -2.17. The van der Waals surface area contributed by atoms with E-state index in [2.05, 4.69) is 12.2 Å². The van der Waals surface area contributed by atoms with Crippen LogP contribution < -0.4 is 10.1 Å². The first-order chi connectivity index (χ1) is 9.54. The van der Waals surface area contributed by atoms with E-state index in [0.717, 1.165) is 6.54 Å². The molecular formula is C15H21Cl2NO2. The molecule has 0 spiro atoms. The Kier molecular flexibility index (Phi) is 5.56. The first-order valence-electron chi connectivity index (χ1n) is 7.01. The standard InChI is InChI=1S/C15H21Cl2NO2/c1-2-15(5-6-15)10-18-8-12(19)9-20-14-4-3-11(16)7-13(14)17/h3-4,7,12,18-19H,2,5-6,8-10H2,1H3. The van der Waals surface area contributed by atoms with Crippen molar-refractivity contribution in [1.82, 2.24) is 5.32 Å². The van der Waals surface area contributed by atoms with E-state index in [1.165, 1.54) is 19.3 Å². The zero-order valence-electron chi connectivity index (χ0n) is 11.7. The second kappa shape index (κ2) is 6.99. The normalized spacial score (nSPS) is 17.8. The van der Waals surface area contributed by atoms with Gasteiger partial charge in [0, 0.05) is 18.1 Å². The lowest BCUT2D eigenvalue weighted by Crippen LogP contribution is -2.34. The number of aliphatic hydroxyl groups is 1. The predicted molar refractivity (Wildman–Crippen MR) is 82.8 cm³/mol. The van der Waals surface area contributed by atoms with E-state index in [-0.39, 0.29) is 6.61 Å². The molecule has 2 rings (SSSR count). The molecule has 5 heteroatoms. The molecule has 1 aliphatic rings. The summed E-state index contributed by atoms with van der Waals surface area (Å²) in [5.74, 6) is 0.544. The van der Waals surface area contributed by atoms with Crippen LogP contribution in [0.3, 0.4) is 0 Å². The summed E-state index contributed by atoms with van der Waals surface area (Å²) in [5, 5.41) is 14.2. The van der Waals surface area contributed by atoms with Gasteiger partial charge in [-0.2, -0.15) is 0 Å². The minimum absolute atomic E-state index is 0.216. The zero-order valence-corrected chi connectivity index (χ0v) is 13.2. The molecule has 2 N–H and O–H groups in total. The number of nitrogens with one attached hydrogen (secondary N) is 1. The Balaban J connectivity index is 1.68. The third-order valence-electron chi connectivity index (χ3n) is 3.91. The van der Waals surface area contributed by atoms with Crippen LogP contribution in [0.15, 0.2) is 18.2 Å². The van der Waals surface area contributed by atoms with Gasteiger partial charge >= 0.3 is 0 Å². The van der Waals surface area contributed by atoms with Gasteiger partial charge in [0.1, 0.15) is 18.5 Å². The van der Waals surface area contributed by atoms with E-state index in [4.69, 9.17) is 27.9 Å². The molecule has 1 aliphatic carbocycles. The summed E-state index contributed by atoms with van der Waals surface area (Å²) in [7, 11) is 0. The Morgan fingerprint density at radius 1 is 1.40 bits per heavy atom. The highest BCUT2D eigenvalue weighted by Crippen LogP contribution is 2.47. The Hall–Kier alpha value is -0.480. The van der Waals surface area contributed by atoms with Gasteiger partial charge in [-0.25, -0.2) is 0 Å². The van der Waals surface area contributed by atoms with Crippen LogP contribution in [0.2, 0.25) is 10.0 Å². The largest absolute Gasteiger partial charge is 0.489 e. The summed E-state index contributed by atoms with van der Waals surface area (Å²) in [6.07, 6.45) is 3.24. The van der Waals surface area contributed by atoms with Gasteiger partial charge in [-0.3, -0.25) is 0 Å². The van der Waals surface area contributed by atoms with E-state index in [1.54, 1.807) is 18.2 Å². The summed E-state index contributed by atoms with van der Waals surface area (Å²) in [5.41, 5.74) is 0.486. The second-order valence-electron chi connectivity index (χ2n) is 5.52.